The van der Waals surface area contributed by atoms with E-state index in [0.29, 0.717) is 11.1 Å². The first-order chi connectivity index (χ1) is 8.72. The molecule has 0 unspecified atom stereocenters. The van der Waals surface area contributed by atoms with Gasteiger partial charge in [-0.15, -0.1) is 0 Å². The zero-order valence-corrected chi connectivity index (χ0v) is 9.81. The summed E-state index contributed by atoms with van der Waals surface area (Å²) in [5.41, 5.74) is 1.20. The Morgan fingerprint density at radius 1 is 1.22 bits per heavy atom. The number of rotatable bonds is 2. The van der Waals surface area contributed by atoms with Gasteiger partial charge in [-0.05, 0) is 6.07 Å². The van der Waals surface area contributed by atoms with E-state index in [1.54, 1.807) is 42.5 Å². The first kappa shape index (κ1) is 12.0. The van der Waals surface area contributed by atoms with Crippen molar-refractivity contribution in [2.24, 2.45) is 0 Å². The van der Waals surface area contributed by atoms with Crippen LogP contribution >= 0.6 is 0 Å². The summed E-state index contributed by atoms with van der Waals surface area (Å²) >= 11 is 0. The number of amides is 1. The Bertz CT molecular complexity index is 566. The number of hydrogen-bond donors (Lipinski definition) is 2. The van der Waals surface area contributed by atoms with E-state index >= 15 is 0 Å². The van der Waals surface area contributed by atoms with Crippen LogP contribution in [0.2, 0.25) is 0 Å². The minimum Gasteiger partial charge on any atom is -0.507 e. The highest BCUT2D eigenvalue weighted by Gasteiger charge is 2.11. The van der Waals surface area contributed by atoms with Gasteiger partial charge in [0.1, 0.15) is 11.5 Å². The predicted octanol–water partition coefficient (Wildman–Crippen LogP) is 2.58. The zero-order chi connectivity index (χ0) is 13.0. The Morgan fingerprint density at radius 2 is 1.94 bits per heavy atom. The number of phenols is 1. The minimum atomic E-state index is -0.575. The number of nitrogens with one attached hydrogen (secondary N) is 1. The quantitative estimate of drug-likeness (QED) is 0.850. The van der Waals surface area contributed by atoms with Crippen LogP contribution in [-0.4, -0.2) is 18.2 Å². The summed E-state index contributed by atoms with van der Waals surface area (Å²) in [6, 6.07) is 14.8. The Balaban J connectivity index is 2.45. The monoisotopic (exact) mass is 242 g/mol. The molecule has 1 amide bonds. The van der Waals surface area contributed by atoms with Crippen molar-refractivity contribution < 1.29 is 14.6 Å². The lowest BCUT2D eigenvalue weighted by Crippen LogP contribution is -2.22. The van der Waals surface area contributed by atoms with Crippen molar-refractivity contribution in [2.45, 2.75) is 0 Å². The number of phenolic OH excluding ortho intramolecular Hbond substituents is 1. The molecule has 4 heteroatoms. The second kappa shape index (κ2) is 5.23. The fourth-order valence-corrected chi connectivity index (χ4v) is 1.56. The number of ether oxygens (including phenoxy) is 1. The Hall–Kier alpha value is -2.49. The van der Waals surface area contributed by atoms with Crippen molar-refractivity contribution in [2.75, 3.05) is 7.05 Å². The number of carbonyl (C=O) groups excluding carboxylic acids is 1. The van der Waals surface area contributed by atoms with Crippen LogP contribution in [0.5, 0.6) is 11.5 Å². The van der Waals surface area contributed by atoms with Crippen LogP contribution in [0.4, 0.5) is 4.79 Å². The molecular formula is C14H12NO3. The number of para-hydroxylation sites is 2. The fraction of sp³-hybridized carbons (Fsp3) is 0.0714. The highest BCUT2D eigenvalue weighted by molar-refractivity contribution is 5.79. The van der Waals surface area contributed by atoms with Gasteiger partial charge < -0.3 is 15.2 Å². The van der Waals surface area contributed by atoms with E-state index in [4.69, 9.17) is 4.74 Å². The molecule has 0 heterocycles. The molecule has 1 radical (unpaired) electrons. The molecule has 0 aliphatic rings. The number of aromatic hydroxyl groups is 1. The van der Waals surface area contributed by atoms with Crippen molar-refractivity contribution in [1.82, 2.24) is 5.32 Å². The molecular weight excluding hydrogens is 230 g/mol. The predicted molar refractivity (Wildman–Crippen MR) is 67.5 cm³/mol. The third-order valence-corrected chi connectivity index (χ3v) is 2.41. The van der Waals surface area contributed by atoms with E-state index in [0.717, 1.165) is 0 Å². The molecule has 4 nitrogen and oxygen atoms in total. The molecule has 2 rings (SSSR count). The van der Waals surface area contributed by atoms with E-state index in [-0.39, 0.29) is 11.5 Å². The molecule has 0 atom stereocenters. The molecule has 0 aromatic heterocycles. The maximum absolute atomic E-state index is 11.2. The molecule has 0 saturated heterocycles. The lowest BCUT2D eigenvalue weighted by atomic mass is 10.0. The van der Waals surface area contributed by atoms with Crippen molar-refractivity contribution in [3.05, 3.63) is 48.5 Å². The van der Waals surface area contributed by atoms with Crippen molar-refractivity contribution in [1.29, 1.82) is 0 Å². The van der Waals surface area contributed by atoms with Gasteiger partial charge in [0, 0.05) is 24.2 Å². The number of hydrogen-bond acceptors (Lipinski definition) is 3. The second-order valence-corrected chi connectivity index (χ2v) is 3.57. The Labute approximate surface area is 105 Å². The van der Waals surface area contributed by atoms with Gasteiger partial charge in [0.15, 0.2) is 0 Å². The van der Waals surface area contributed by atoms with Gasteiger partial charge in [-0.1, -0.05) is 36.4 Å². The van der Waals surface area contributed by atoms with Gasteiger partial charge in [0.05, 0.1) is 0 Å². The van der Waals surface area contributed by atoms with Crippen LogP contribution in [0.25, 0.3) is 11.1 Å². The van der Waals surface area contributed by atoms with Gasteiger partial charge >= 0.3 is 6.09 Å². The SMILES string of the molecule is CNC(=O)Oc1[c]cccc1-c1ccccc1O. The molecule has 2 aromatic carbocycles. The first-order valence-corrected chi connectivity index (χ1v) is 5.41. The van der Waals surface area contributed by atoms with Gasteiger partial charge in [-0.25, -0.2) is 4.79 Å². The first-order valence-electron chi connectivity index (χ1n) is 5.41. The number of benzene rings is 2. The highest BCUT2D eigenvalue weighted by atomic mass is 16.6. The van der Waals surface area contributed by atoms with E-state index in [1.807, 2.05) is 0 Å². The third kappa shape index (κ3) is 2.43. The Morgan fingerprint density at radius 3 is 2.67 bits per heavy atom. The van der Waals surface area contributed by atoms with Crippen molar-refractivity contribution in [3.63, 3.8) is 0 Å². The molecule has 0 aliphatic heterocycles. The summed E-state index contributed by atoms with van der Waals surface area (Å²) < 4.78 is 5.09. The van der Waals surface area contributed by atoms with Crippen LogP contribution in [0.1, 0.15) is 0 Å². The van der Waals surface area contributed by atoms with E-state index in [9.17, 15) is 9.90 Å². The zero-order valence-electron chi connectivity index (χ0n) is 9.81. The lowest BCUT2D eigenvalue weighted by molar-refractivity contribution is 0.203. The molecule has 0 bridgehead atoms. The normalized spacial score (nSPS) is 9.83. The standard InChI is InChI=1S/C14H12NO3/c1-15-14(17)18-13-9-5-3-7-11(13)10-6-2-4-8-12(10)16/h2-8,16H,1H3,(H,15,17). The topological polar surface area (TPSA) is 58.6 Å². The van der Waals surface area contributed by atoms with Crippen LogP contribution < -0.4 is 10.1 Å². The average Bonchev–Trinajstić information content (AvgIpc) is 2.40. The molecule has 2 N–H and O–H groups in total. The molecule has 0 saturated carbocycles. The van der Waals surface area contributed by atoms with Crippen LogP contribution in [0.3, 0.4) is 0 Å². The maximum Gasteiger partial charge on any atom is 0.412 e. The second-order valence-electron chi connectivity index (χ2n) is 3.57. The van der Waals surface area contributed by atoms with E-state index in [2.05, 4.69) is 11.4 Å². The van der Waals surface area contributed by atoms with E-state index < -0.39 is 6.09 Å². The van der Waals surface area contributed by atoms with Gasteiger partial charge in [0.25, 0.3) is 0 Å². The van der Waals surface area contributed by atoms with Gasteiger partial charge in [-0.2, -0.15) is 0 Å². The highest BCUT2D eigenvalue weighted by Crippen LogP contribution is 2.35. The van der Waals surface area contributed by atoms with Gasteiger partial charge in [-0.3, -0.25) is 0 Å². The number of carbonyl (C=O) groups is 1. The summed E-state index contributed by atoms with van der Waals surface area (Å²) in [6.45, 7) is 0. The molecule has 91 valence electrons. The summed E-state index contributed by atoms with van der Waals surface area (Å²) in [5.74, 6) is 0.400. The third-order valence-electron chi connectivity index (χ3n) is 2.41. The van der Waals surface area contributed by atoms with E-state index in [1.165, 1.54) is 7.05 Å². The van der Waals surface area contributed by atoms with Crippen LogP contribution in [0, 0.1) is 6.07 Å². The maximum atomic E-state index is 11.2. The summed E-state index contributed by atoms with van der Waals surface area (Å²) in [5, 5.41) is 12.2. The average molecular weight is 242 g/mol. The molecule has 0 fully saturated rings. The molecule has 18 heavy (non-hydrogen) atoms. The molecule has 2 aromatic rings. The van der Waals surface area contributed by atoms with Crippen LogP contribution in [0.15, 0.2) is 42.5 Å². The molecule has 0 spiro atoms. The minimum absolute atomic E-state index is 0.124. The Kier molecular flexibility index (Phi) is 3.48. The smallest absolute Gasteiger partial charge is 0.412 e. The molecule has 0 aliphatic carbocycles. The lowest BCUT2D eigenvalue weighted by Gasteiger charge is -2.10. The fourth-order valence-electron chi connectivity index (χ4n) is 1.56. The summed E-state index contributed by atoms with van der Waals surface area (Å²) in [6.07, 6.45) is -0.575. The van der Waals surface area contributed by atoms with Crippen molar-refractivity contribution in [3.8, 4) is 22.6 Å². The van der Waals surface area contributed by atoms with Gasteiger partial charge in [0.2, 0.25) is 0 Å². The largest absolute Gasteiger partial charge is 0.507 e. The van der Waals surface area contributed by atoms with Crippen LogP contribution in [-0.2, 0) is 0 Å². The summed E-state index contributed by atoms with van der Waals surface area (Å²) in [7, 11) is 1.48. The van der Waals surface area contributed by atoms with Crippen molar-refractivity contribution >= 4 is 6.09 Å². The summed E-state index contributed by atoms with van der Waals surface area (Å²) in [4.78, 5) is 11.2.